The molecule has 2 aromatic rings. The van der Waals surface area contributed by atoms with E-state index in [-0.39, 0.29) is 18.4 Å². The molecule has 1 atom stereocenters. The fraction of sp³-hybridized carbons (Fsp3) is 0.467. The molecule has 0 bridgehead atoms. The molecule has 24 heavy (non-hydrogen) atoms. The van der Waals surface area contributed by atoms with Crippen molar-refractivity contribution < 1.29 is 13.2 Å². The SMILES string of the molecule is Cc1ccc(S(=O)(=O)N2CCCC(C(=O)N=c3sccn3C)C2)s1. The zero-order chi connectivity index (χ0) is 17.3. The summed E-state index contributed by atoms with van der Waals surface area (Å²) < 4.78 is 29.0. The van der Waals surface area contributed by atoms with Crippen molar-refractivity contribution >= 4 is 38.6 Å². The number of amides is 1. The van der Waals surface area contributed by atoms with Crippen LogP contribution in [0.5, 0.6) is 0 Å². The van der Waals surface area contributed by atoms with Gasteiger partial charge in [-0.25, -0.2) is 8.42 Å². The monoisotopic (exact) mass is 385 g/mol. The third-order valence-corrected chi connectivity index (χ3v) is 8.19. The van der Waals surface area contributed by atoms with Crippen LogP contribution in [0.1, 0.15) is 17.7 Å². The topological polar surface area (TPSA) is 71.7 Å². The molecule has 0 saturated carbocycles. The minimum Gasteiger partial charge on any atom is -0.327 e. The summed E-state index contributed by atoms with van der Waals surface area (Å²) in [5.41, 5.74) is 0. The Morgan fingerprint density at radius 3 is 2.79 bits per heavy atom. The highest BCUT2D eigenvalue weighted by Gasteiger charge is 2.33. The first-order valence-electron chi connectivity index (χ1n) is 7.63. The van der Waals surface area contributed by atoms with Gasteiger partial charge in [0.2, 0.25) is 0 Å². The van der Waals surface area contributed by atoms with Gasteiger partial charge in [-0.15, -0.1) is 22.7 Å². The Balaban J connectivity index is 1.80. The lowest BCUT2D eigenvalue weighted by Gasteiger charge is -2.29. The van der Waals surface area contributed by atoms with Crippen molar-refractivity contribution in [3.8, 4) is 0 Å². The lowest BCUT2D eigenvalue weighted by Crippen LogP contribution is -2.42. The van der Waals surface area contributed by atoms with Crippen LogP contribution in [0.3, 0.4) is 0 Å². The number of piperidine rings is 1. The van der Waals surface area contributed by atoms with E-state index in [1.54, 1.807) is 16.7 Å². The summed E-state index contributed by atoms with van der Waals surface area (Å²) in [4.78, 5) is 18.2. The maximum Gasteiger partial charge on any atom is 0.252 e. The van der Waals surface area contributed by atoms with Crippen molar-refractivity contribution in [2.24, 2.45) is 18.0 Å². The van der Waals surface area contributed by atoms with Crippen LogP contribution >= 0.6 is 22.7 Å². The number of hydrogen-bond donors (Lipinski definition) is 0. The third kappa shape index (κ3) is 3.53. The van der Waals surface area contributed by atoms with Gasteiger partial charge in [0.25, 0.3) is 15.9 Å². The number of aryl methyl sites for hydroxylation is 2. The quantitative estimate of drug-likeness (QED) is 0.811. The highest BCUT2D eigenvalue weighted by Crippen LogP contribution is 2.28. The number of rotatable bonds is 3. The first kappa shape index (κ1) is 17.5. The van der Waals surface area contributed by atoms with Crippen molar-refractivity contribution in [3.63, 3.8) is 0 Å². The highest BCUT2D eigenvalue weighted by molar-refractivity contribution is 7.91. The van der Waals surface area contributed by atoms with Gasteiger partial charge in [0.05, 0.1) is 5.92 Å². The standard InChI is InChI=1S/C15H19N3O3S3/c1-11-5-6-13(23-11)24(20,21)18-7-3-4-12(10-18)14(19)16-15-17(2)8-9-22-15/h5-6,8-9,12H,3-4,7,10H2,1-2H3. The van der Waals surface area contributed by atoms with Crippen LogP contribution in [0.4, 0.5) is 0 Å². The molecular weight excluding hydrogens is 366 g/mol. The zero-order valence-corrected chi connectivity index (χ0v) is 16.0. The van der Waals surface area contributed by atoms with Crippen LogP contribution in [0.2, 0.25) is 0 Å². The summed E-state index contributed by atoms with van der Waals surface area (Å²) in [6.07, 6.45) is 3.19. The second-order valence-corrected chi connectivity index (χ2v) is 10.1. The number of carbonyl (C=O) groups excluding carboxylic acids is 1. The molecule has 6 nitrogen and oxygen atoms in total. The van der Waals surface area contributed by atoms with E-state index in [2.05, 4.69) is 4.99 Å². The van der Waals surface area contributed by atoms with Gasteiger partial charge >= 0.3 is 0 Å². The van der Waals surface area contributed by atoms with Crippen LogP contribution in [0.25, 0.3) is 0 Å². The molecule has 3 heterocycles. The van der Waals surface area contributed by atoms with Crippen molar-refractivity contribution in [2.45, 2.75) is 24.0 Å². The molecule has 0 radical (unpaired) electrons. The Hall–Kier alpha value is -1.29. The van der Waals surface area contributed by atoms with Crippen LogP contribution in [-0.4, -0.2) is 36.3 Å². The predicted octanol–water partition coefficient (Wildman–Crippen LogP) is 1.98. The van der Waals surface area contributed by atoms with Gasteiger partial charge in [-0.05, 0) is 31.9 Å². The second kappa shape index (κ2) is 6.91. The lowest BCUT2D eigenvalue weighted by atomic mass is 9.99. The summed E-state index contributed by atoms with van der Waals surface area (Å²) in [6.45, 7) is 2.54. The predicted molar refractivity (Wildman–Crippen MR) is 94.4 cm³/mol. The summed E-state index contributed by atoms with van der Waals surface area (Å²) in [6, 6.07) is 3.44. The Morgan fingerprint density at radius 1 is 1.38 bits per heavy atom. The molecule has 9 heteroatoms. The molecule has 0 aromatic carbocycles. The number of sulfonamides is 1. The lowest BCUT2D eigenvalue weighted by molar-refractivity contribution is -0.122. The molecule has 1 unspecified atom stereocenters. The van der Waals surface area contributed by atoms with Crippen LogP contribution in [0, 0.1) is 12.8 Å². The molecule has 2 aromatic heterocycles. The van der Waals surface area contributed by atoms with Gasteiger partial charge < -0.3 is 4.57 Å². The van der Waals surface area contributed by atoms with Crippen molar-refractivity contribution in [3.05, 3.63) is 33.4 Å². The van der Waals surface area contributed by atoms with E-state index in [4.69, 9.17) is 0 Å². The largest absolute Gasteiger partial charge is 0.327 e. The van der Waals surface area contributed by atoms with E-state index in [0.717, 1.165) is 4.88 Å². The maximum atomic E-state index is 12.7. The van der Waals surface area contributed by atoms with Crippen molar-refractivity contribution in [2.75, 3.05) is 13.1 Å². The fourth-order valence-electron chi connectivity index (χ4n) is 2.66. The van der Waals surface area contributed by atoms with Crippen LogP contribution in [-0.2, 0) is 21.9 Å². The average Bonchev–Trinajstić information content (AvgIpc) is 3.17. The minimum absolute atomic E-state index is 0.205. The normalized spacial score (nSPS) is 20.4. The molecule has 1 fully saturated rings. The number of thiazole rings is 1. The first-order valence-corrected chi connectivity index (χ1v) is 10.8. The number of thiophene rings is 1. The molecular formula is C15H19N3O3S3. The summed E-state index contributed by atoms with van der Waals surface area (Å²) in [7, 11) is -1.69. The van der Waals surface area contributed by atoms with Crippen molar-refractivity contribution in [1.82, 2.24) is 8.87 Å². The van der Waals surface area contributed by atoms with Gasteiger partial charge in [-0.3, -0.25) is 4.79 Å². The summed E-state index contributed by atoms with van der Waals surface area (Å²) in [5.74, 6) is -0.619. The number of hydrogen-bond acceptors (Lipinski definition) is 5. The van der Waals surface area contributed by atoms with Gasteiger partial charge in [-0.1, -0.05) is 0 Å². The average molecular weight is 386 g/mol. The molecule has 3 rings (SSSR count). The fourth-order valence-corrected chi connectivity index (χ4v) is 6.36. The van der Waals surface area contributed by atoms with Gasteiger partial charge in [0, 0.05) is 36.6 Å². The van der Waals surface area contributed by atoms with E-state index < -0.39 is 10.0 Å². The molecule has 0 N–H and O–H groups in total. The first-order chi connectivity index (χ1) is 11.4. The molecule has 1 aliphatic heterocycles. The number of aromatic nitrogens is 1. The third-order valence-electron chi connectivity index (χ3n) is 4.01. The Kier molecular flexibility index (Phi) is 5.05. The zero-order valence-electron chi connectivity index (χ0n) is 13.5. The summed E-state index contributed by atoms with van der Waals surface area (Å²) in [5, 5.41) is 1.86. The Morgan fingerprint density at radius 2 is 2.17 bits per heavy atom. The van der Waals surface area contributed by atoms with E-state index in [9.17, 15) is 13.2 Å². The van der Waals surface area contributed by atoms with Crippen LogP contribution < -0.4 is 4.80 Å². The van der Waals surface area contributed by atoms with Gasteiger partial charge in [-0.2, -0.15) is 9.30 Å². The molecule has 130 valence electrons. The highest BCUT2D eigenvalue weighted by atomic mass is 32.2. The molecule has 0 spiro atoms. The molecule has 0 aliphatic carbocycles. The number of nitrogens with zero attached hydrogens (tertiary/aromatic N) is 3. The molecule has 1 aliphatic rings. The van der Waals surface area contributed by atoms with E-state index in [1.165, 1.54) is 27.0 Å². The second-order valence-electron chi connectivity index (χ2n) is 5.81. The van der Waals surface area contributed by atoms with E-state index >= 15 is 0 Å². The number of carbonyl (C=O) groups is 1. The van der Waals surface area contributed by atoms with E-state index in [0.29, 0.717) is 28.4 Å². The summed E-state index contributed by atoms with van der Waals surface area (Å²) >= 11 is 2.66. The Labute approximate surface area is 149 Å². The maximum absolute atomic E-state index is 12.7. The molecule has 1 saturated heterocycles. The van der Waals surface area contributed by atoms with E-state index in [1.807, 2.05) is 25.5 Å². The smallest absolute Gasteiger partial charge is 0.252 e. The van der Waals surface area contributed by atoms with Gasteiger partial charge in [0.1, 0.15) is 4.21 Å². The van der Waals surface area contributed by atoms with Crippen LogP contribution in [0.15, 0.2) is 32.9 Å². The Bertz CT molecular complexity index is 908. The van der Waals surface area contributed by atoms with Crippen molar-refractivity contribution in [1.29, 1.82) is 0 Å². The van der Waals surface area contributed by atoms with Gasteiger partial charge in [0.15, 0.2) is 4.80 Å². The minimum atomic E-state index is -3.52. The molecule has 1 amide bonds.